The van der Waals surface area contributed by atoms with Gasteiger partial charge in [-0.25, -0.2) is 0 Å². The lowest BCUT2D eigenvalue weighted by Gasteiger charge is -2.03. The molecule has 0 atom stereocenters. The summed E-state index contributed by atoms with van der Waals surface area (Å²) in [7, 11) is 1.55. The number of ether oxygens (including phenoxy) is 1. The molecule has 1 aromatic carbocycles. The summed E-state index contributed by atoms with van der Waals surface area (Å²) in [5.41, 5.74) is 1.73. The molecule has 25 heavy (non-hydrogen) atoms. The van der Waals surface area contributed by atoms with Crippen LogP contribution in [0.4, 0.5) is 0 Å². The SMILES string of the molecule is CCCCn1nc(C)c(/C=C(\C#N)C(=O)c2ccc(OC)cc2)c1Cl. The van der Waals surface area contributed by atoms with Gasteiger partial charge in [0.25, 0.3) is 0 Å². The van der Waals surface area contributed by atoms with Crippen molar-refractivity contribution in [2.75, 3.05) is 7.11 Å². The van der Waals surface area contributed by atoms with Gasteiger partial charge in [0.1, 0.15) is 22.5 Å². The normalized spacial score (nSPS) is 11.2. The van der Waals surface area contributed by atoms with E-state index in [9.17, 15) is 10.1 Å². The van der Waals surface area contributed by atoms with Crippen molar-refractivity contribution in [3.05, 3.63) is 51.8 Å². The summed E-state index contributed by atoms with van der Waals surface area (Å²) in [5, 5.41) is 14.3. The first-order valence-corrected chi connectivity index (χ1v) is 8.43. The monoisotopic (exact) mass is 357 g/mol. The maximum absolute atomic E-state index is 12.6. The quantitative estimate of drug-likeness (QED) is 0.417. The molecule has 5 nitrogen and oxygen atoms in total. The molecule has 0 aliphatic carbocycles. The number of hydrogen-bond donors (Lipinski definition) is 0. The van der Waals surface area contributed by atoms with Gasteiger partial charge in [-0.2, -0.15) is 10.4 Å². The third-order valence-electron chi connectivity index (χ3n) is 3.84. The van der Waals surface area contributed by atoms with E-state index in [1.165, 1.54) is 6.08 Å². The smallest absolute Gasteiger partial charge is 0.203 e. The molecule has 0 saturated carbocycles. The van der Waals surface area contributed by atoms with Crippen LogP contribution >= 0.6 is 11.6 Å². The lowest BCUT2D eigenvalue weighted by atomic mass is 10.0. The number of methoxy groups -OCH3 is 1. The van der Waals surface area contributed by atoms with Crippen molar-refractivity contribution in [3.63, 3.8) is 0 Å². The number of unbranched alkanes of at least 4 members (excludes halogenated alkanes) is 1. The van der Waals surface area contributed by atoms with Crippen LogP contribution in [0.25, 0.3) is 6.08 Å². The number of carbonyl (C=O) groups is 1. The number of allylic oxidation sites excluding steroid dienone is 1. The molecule has 0 aliphatic heterocycles. The fourth-order valence-corrected chi connectivity index (χ4v) is 2.69. The first kappa shape index (κ1) is 18.8. The van der Waals surface area contributed by atoms with Gasteiger partial charge < -0.3 is 4.74 Å². The van der Waals surface area contributed by atoms with Gasteiger partial charge in [0.15, 0.2) is 0 Å². The number of Topliss-reactive ketones (excluding diaryl/α,β-unsaturated/α-hetero) is 1. The molecule has 0 amide bonds. The second-order valence-corrected chi connectivity index (χ2v) is 5.95. The number of rotatable bonds is 7. The van der Waals surface area contributed by atoms with Crippen LogP contribution in [0.5, 0.6) is 5.75 Å². The number of ketones is 1. The van der Waals surface area contributed by atoms with Crippen LogP contribution in [-0.2, 0) is 6.54 Å². The number of benzene rings is 1. The number of aryl methyl sites for hydroxylation is 2. The summed E-state index contributed by atoms with van der Waals surface area (Å²) in [5.74, 6) is 0.289. The Kier molecular flexibility index (Phi) is 6.37. The van der Waals surface area contributed by atoms with E-state index in [1.807, 2.05) is 13.0 Å². The average Bonchev–Trinajstić information content (AvgIpc) is 2.90. The number of hydrogen-bond acceptors (Lipinski definition) is 4. The summed E-state index contributed by atoms with van der Waals surface area (Å²) in [6.45, 7) is 4.61. The summed E-state index contributed by atoms with van der Waals surface area (Å²) in [6, 6.07) is 8.60. The van der Waals surface area contributed by atoms with Crippen molar-refractivity contribution in [1.29, 1.82) is 5.26 Å². The molecule has 0 unspecified atom stereocenters. The van der Waals surface area contributed by atoms with Crippen molar-refractivity contribution >= 4 is 23.5 Å². The van der Waals surface area contributed by atoms with Crippen LogP contribution < -0.4 is 4.74 Å². The van der Waals surface area contributed by atoms with E-state index in [0.717, 1.165) is 12.8 Å². The second kappa shape index (κ2) is 8.50. The fraction of sp³-hybridized carbons (Fsp3) is 0.316. The lowest BCUT2D eigenvalue weighted by Crippen LogP contribution is -2.02. The Hall–Kier alpha value is -2.58. The highest BCUT2D eigenvalue weighted by molar-refractivity contribution is 6.31. The van der Waals surface area contributed by atoms with Gasteiger partial charge in [0.2, 0.25) is 5.78 Å². The number of carbonyl (C=O) groups excluding carboxylic acids is 1. The maximum Gasteiger partial charge on any atom is 0.203 e. The molecule has 0 radical (unpaired) electrons. The van der Waals surface area contributed by atoms with Crippen LogP contribution in [0.1, 0.15) is 41.4 Å². The molecule has 1 aromatic heterocycles. The Balaban J connectivity index is 2.35. The van der Waals surface area contributed by atoms with Gasteiger partial charge in [0, 0.05) is 17.7 Å². The summed E-state index contributed by atoms with van der Waals surface area (Å²) in [4.78, 5) is 12.6. The zero-order valence-electron chi connectivity index (χ0n) is 14.5. The van der Waals surface area contributed by atoms with Crippen LogP contribution in [-0.4, -0.2) is 22.7 Å². The van der Waals surface area contributed by atoms with Gasteiger partial charge >= 0.3 is 0 Å². The predicted molar refractivity (Wildman–Crippen MR) is 97.8 cm³/mol. The van der Waals surface area contributed by atoms with Gasteiger partial charge in [-0.1, -0.05) is 24.9 Å². The van der Waals surface area contributed by atoms with E-state index in [-0.39, 0.29) is 11.4 Å². The van der Waals surface area contributed by atoms with E-state index >= 15 is 0 Å². The average molecular weight is 358 g/mol. The summed E-state index contributed by atoms with van der Waals surface area (Å²) < 4.78 is 6.79. The van der Waals surface area contributed by atoms with E-state index in [0.29, 0.717) is 34.3 Å². The van der Waals surface area contributed by atoms with Crippen molar-refractivity contribution in [1.82, 2.24) is 9.78 Å². The van der Waals surface area contributed by atoms with E-state index in [2.05, 4.69) is 12.0 Å². The fourth-order valence-electron chi connectivity index (χ4n) is 2.38. The van der Waals surface area contributed by atoms with Crippen molar-refractivity contribution in [3.8, 4) is 11.8 Å². The number of nitrogens with zero attached hydrogens (tertiary/aromatic N) is 3. The summed E-state index contributed by atoms with van der Waals surface area (Å²) >= 11 is 6.38. The second-order valence-electron chi connectivity index (χ2n) is 5.59. The number of nitriles is 1. The highest BCUT2D eigenvalue weighted by Gasteiger charge is 2.17. The third-order valence-corrected chi connectivity index (χ3v) is 4.24. The van der Waals surface area contributed by atoms with Gasteiger partial charge in [-0.05, 0) is 43.7 Å². The Bertz CT molecular complexity index is 830. The van der Waals surface area contributed by atoms with Crippen LogP contribution in [0.15, 0.2) is 29.8 Å². The lowest BCUT2D eigenvalue weighted by molar-refractivity contribution is 0.104. The largest absolute Gasteiger partial charge is 0.497 e. The van der Waals surface area contributed by atoms with Crippen LogP contribution in [0.2, 0.25) is 5.15 Å². The van der Waals surface area contributed by atoms with Crippen molar-refractivity contribution < 1.29 is 9.53 Å². The molecule has 1 heterocycles. The minimum absolute atomic E-state index is 0.0187. The van der Waals surface area contributed by atoms with Crippen LogP contribution in [0.3, 0.4) is 0 Å². The first-order chi connectivity index (χ1) is 12.0. The molecule has 0 N–H and O–H groups in total. The van der Waals surface area contributed by atoms with Gasteiger partial charge in [0.05, 0.1) is 12.8 Å². The Labute approximate surface area is 152 Å². The predicted octanol–water partition coefficient (Wildman–Crippen LogP) is 4.44. The molecule has 0 spiro atoms. The van der Waals surface area contributed by atoms with Crippen molar-refractivity contribution in [2.45, 2.75) is 33.2 Å². The highest BCUT2D eigenvalue weighted by Crippen LogP contribution is 2.24. The molecule has 130 valence electrons. The van der Waals surface area contributed by atoms with Gasteiger partial charge in [-0.15, -0.1) is 0 Å². The minimum Gasteiger partial charge on any atom is -0.497 e. The molecule has 2 aromatic rings. The molecule has 2 rings (SSSR count). The van der Waals surface area contributed by atoms with Crippen molar-refractivity contribution in [2.24, 2.45) is 0 Å². The van der Waals surface area contributed by atoms with E-state index in [4.69, 9.17) is 16.3 Å². The van der Waals surface area contributed by atoms with Crippen LogP contribution in [0, 0.1) is 18.3 Å². The molecule has 0 fully saturated rings. The minimum atomic E-state index is -0.359. The Morgan fingerprint density at radius 3 is 2.64 bits per heavy atom. The zero-order chi connectivity index (χ0) is 18.4. The third kappa shape index (κ3) is 4.28. The molecule has 6 heteroatoms. The standard InChI is InChI=1S/C19H20ClN3O2/c1-4-5-10-23-19(20)17(13(2)22-23)11-15(12-21)18(24)14-6-8-16(25-3)9-7-14/h6-9,11H,4-5,10H2,1-3H3/b15-11+. The zero-order valence-corrected chi connectivity index (χ0v) is 15.3. The maximum atomic E-state index is 12.6. The summed E-state index contributed by atoms with van der Waals surface area (Å²) in [6.07, 6.45) is 3.50. The Morgan fingerprint density at radius 2 is 2.08 bits per heavy atom. The van der Waals surface area contributed by atoms with E-state index in [1.54, 1.807) is 36.1 Å². The molecule has 0 bridgehead atoms. The van der Waals surface area contributed by atoms with Gasteiger partial charge in [-0.3, -0.25) is 9.48 Å². The Morgan fingerprint density at radius 1 is 1.40 bits per heavy atom. The highest BCUT2D eigenvalue weighted by atomic mass is 35.5. The molecular formula is C19H20ClN3O2. The number of halogens is 1. The topological polar surface area (TPSA) is 67.9 Å². The van der Waals surface area contributed by atoms with E-state index < -0.39 is 0 Å². The molecule has 0 saturated heterocycles. The first-order valence-electron chi connectivity index (χ1n) is 8.05. The number of aromatic nitrogens is 2. The molecular weight excluding hydrogens is 338 g/mol. The molecule has 0 aliphatic rings.